The maximum Gasteiger partial charge on any atom is 0.435 e. The van der Waals surface area contributed by atoms with Crippen LogP contribution in [-0.2, 0) is 17.1 Å². The van der Waals surface area contributed by atoms with Gasteiger partial charge in [-0.15, -0.1) is 0 Å². The van der Waals surface area contributed by atoms with Crippen LogP contribution in [0.25, 0.3) is 16.9 Å². The summed E-state index contributed by atoms with van der Waals surface area (Å²) in [5.41, 5.74) is -2.99. The van der Waals surface area contributed by atoms with E-state index < -0.39 is 35.2 Å². The lowest BCUT2D eigenvalue weighted by Gasteiger charge is -2.19. The second kappa shape index (κ2) is 6.78. The molecule has 5 nitrogen and oxygen atoms in total. The number of aromatic nitrogens is 2. The molecule has 3 aromatic rings. The number of halogens is 6. The van der Waals surface area contributed by atoms with Crippen molar-refractivity contribution in [1.82, 2.24) is 9.78 Å². The molecule has 1 aliphatic rings. The second-order valence-electron chi connectivity index (χ2n) is 6.39. The van der Waals surface area contributed by atoms with Crippen LogP contribution in [0.5, 0.6) is 5.75 Å². The molecule has 0 aliphatic carbocycles. The third kappa shape index (κ3) is 3.58. The monoisotopic (exact) mass is 427 g/mol. The Bertz CT molecular complexity index is 1130. The Morgan fingerprint density at radius 1 is 0.967 bits per heavy atom. The van der Waals surface area contributed by atoms with Crippen molar-refractivity contribution in [2.75, 3.05) is 11.9 Å². The molecule has 2 aromatic carbocycles. The Balaban J connectivity index is 1.93. The Kier molecular flexibility index (Phi) is 4.48. The van der Waals surface area contributed by atoms with Gasteiger partial charge in [0.1, 0.15) is 5.75 Å². The van der Waals surface area contributed by atoms with E-state index in [1.165, 1.54) is 24.3 Å². The molecule has 156 valence electrons. The van der Waals surface area contributed by atoms with E-state index in [9.17, 15) is 31.1 Å². The summed E-state index contributed by atoms with van der Waals surface area (Å²) in [5.74, 6) is -0.178. The predicted octanol–water partition coefficient (Wildman–Crippen LogP) is 4.91. The number of fused-ring (bicyclic) bond motifs is 1. The fourth-order valence-corrected chi connectivity index (χ4v) is 3.05. The van der Waals surface area contributed by atoms with Gasteiger partial charge < -0.3 is 10.1 Å². The van der Waals surface area contributed by atoms with Gasteiger partial charge in [-0.2, -0.15) is 31.4 Å². The summed E-state index contributed by atoms with van der Waals surface area (Å²) >= 11 is 0. The maximum absolute atomic E-state index is 13.4. The first-order valence-corrected chi connectivity index (χ1v) is 8.45. The number of carbonyl (C=O) groups excluding carboxylic acids is 1. The minimum Gasteiger partial charge on any atom is -0.482 e. The predicted molar refractivity (Wildman–Crippen MR) is 93.1 cm³/mol. The van der Waals surface area contributed by atoms with Gasteiger partial charge in [0, 0.05) is 5.56 Å². The van der Waals surface area contributed by atoms with Crippen LogP contribution in [0.4, 0.5) is 32.0 Å². The molecule has 0 bridgehead atoms. The van der Waals surface area contributed by atoms with Crippen molar-refractivity contribution < 1.29 is 35.9 Å². The quantitative estimate of drug-likeness (QED) is 0.592. The molecule has 1 aliphatic heterocycles. The number of anilines is 1. The highest BCUT2D eigenvalue weighted by Gasteiger charge is 2.38. The number of hydrogen-bond donors (Lipinski definition) is 1. The molecule has 4 rings (SSSR count). The normalized spacial score (nSPS) is 14.1. The number of alkyl halides is 6. The first kappa shape index (κ1) is 19.8. The number of nitrogens with zero attached hydrogens (tertiary/aromatic N) is 2. The highest BCUT2D eigenvalue weighted by molar-refractivity contribution is 5.96. The van der Waals surface area contributed by atoms with Crippen molar-refractivity contribution >= 4 is 11.6 Å². The molecule has 1 aromatic heterocycles. The highest BCUT2D eigenvalue weighted by Crippen LogP contribution is 2.39. The topological polar surface area (TPSA) is 56.1 Å². The zero-order chi connectivity index (χ0) is 21.7. The number of para-hydroxylation sites is 1. The Hall–Kier alpha value is -3.50. The van der Waals surface area contributed by atoms with E-state index in [4.69, 9.17) is 4.74 Å². The van der Waals surface area contributed by atoms with Crippen molar-refractivity contribution in [3.8, 4) is 22.7 Å². The van der Waals surface area contributed by atoms with E-state index in [1.807, 2.05) is 0 Å². The van der Waals surface area contributed by atoms with Gasteiger partial charge in [0.25, 0.3) is 5.91 Å². The van der Waals surface area contributed by atoms with Crippen LogP contribution >= 0.6 is 0 Å². The molecule has 30 heavy (non-hydrogen) atoms. The molecule has 0 saturated heterocycles. The molecule has 11 heteroatoms. The summed E-state index contributed by atoms with van der Waals surface area (Å²) in [7, 11) is 0. The average Bonchev–Trinajstić information content (AvgIpc) is 3.12. The fourth-order valence-electron chi connectivity index (χ4n) is 3.05. The number of amides is 1. The van der Waals surface area contributed by atoms with Gasteiger partial charge >= 0.3 is 12.4 Å². The first-order valence-electron chi connectivity index (χ1n) is 8.45. The van der Waals surface area contributed by atoms with Crippen LogP contribution in [0.3, 0.4) is 0 Å². The summed E-state index contributed by atoms with van der Waals surface area (Å²) in [6, 6.07) is 8.94. The zero-order valence-corrected chi connectivity index (χ0v) is 14.8. The standard InChI is InChI=1S/C19H11F6N3O2/c20-18(21,22)11-3-1-2-4-13(11)28-14(8-16(27-28)19(23,24)25)10-5-6-15-12(7-10)26-17(29)9-30-15/h1-8H,9H2,(H,26,29). The average molecular weight is 427 g/mol. The van der Waals surface area contributed by atoms with Crippen LogP contribution in [0.1, 0.15) is 11.3 Å². The van der Waals surface area contributed by atoms with E-state index in [0.29, 0.717) is 10.7 Å². The molecule has 2 heterocycles. The van der Waals surface area contributed by atoms with Crippen LogP contribution in [0.2, 0.25) is 0 Å². The van der Waals surface area contributed by atoms with Gasteiger partial charge in [0.15, 0.2) is 12.3 Å². The molecule has 0 atom stereocenters. The number of rotatable bonds is 2. The number of carbonyl (C=O) groups is 1. The molecule has 1 amide bonds. The zero-order valence-electron chi connectivity index (χ0n) is 14.8. The van der Waals surface area contributed by atoms with E-state index in [-0.39, 0.29) is 29.3 Å². The summed E-state index contributed by atoms with van der Waals surface area (Å²) in [5, 5.41) is 5.91. The SMILES string of the molecule is O=C1COc2ccc(-c3cc(C(F)(F)F)nn3-c3ccccc3C(F)(F)F)cc2N1. The number of nitrogens with one attached hydrogen (secondary N) is 1. The Morgan fingerprint density at radius 2 is 1.70 bits per heavy atom. The van der Waals surface area contributed by atoms with Crippen molar-refractivity contribution in [1.29, 1.82) is 0 Å². The van der Waals surface area contributed by atoms with Gasteiger partial charge in [0.05, 0.1) is 22.6 Å². The number of benzene rings is 2. The number of hydrogen-bond acceptors (Lipinski definition) is 3. The summed E-state index contributed by atoms with van der Waals surface area (Å²) in [6.45, 7) is -0.221. The maximum atomic E-state index is 13.4. The van der Waals surface area contributed by atoms with E-state index in [2.05, 4.69) is 10.4 Å². The molecular weight excluding hydrogens is 416 g/mol. The van der Waals surface area contributed by atoms with E-state index in [0.717, 1.165) is 18.2 Å². The molecular formula is C19H11F6N3O2. The van der Waals surface area contributed by atoms with Crippen molar-refractivity contribution in [3.63, 3.8) is 0 Å². The lowest BCUT2D eigenvalue weighted by Crippen LogP contribution is -2.25. The lowest BCUT2D eigenvalue weighted by molar-refractivity contribution is -0.141. The van der Waals surface area contributed by atoms with Gasteiger partial charge in [-0.3, -0.25) is 4.79 Å². The molecule has 1 N–H and O–H groups in total. The number of ether oxygens (including phenoxy) is 1. The van der Waals surface area contributed by atoms with E-state index in [1.54, 1.807) is 0 Å². The van der Waals surface area contributed by atoms with Crippen molar-refractivity contribution in [2.45, 2.75) is 12.4 Å². The van der Waals surface area contributed by atoms with Gasteiger partial charge in [-0.1, -0.05) is 12.1 Å². The minimum absolute atomic E-state index is 0.111. The summed E-state index contributed by atoms with van der Waals surface area (Å²) < 4.78 is 86.0. The third-order valence-electron chi connectivity index (χ3n) is 4.35. The van der Waals surface area contributed by atoms with Crippen molar-refractivity contribution in [3.05, 3.63) is 59.8 Å². The molecule has 0 radical (unpaired) electrons. The Morgan fingerprint density at radius 3 is 2.40 bits per heavy atom. The third-order valence-corrected chi connectivity index (χ3v) is 4.35. The van der Waals surface area contributed by atoms with E-state index >= 15 is 0 Å². The molecule has 0 unspecified atom stereocenters. The molecule has 0 saturated carbocycles. The van der Waals surface area contributed by atoms with Crippen LogP contribution in [-0.4, -0.2) is 22.3 Å². The fraction of sp³-hybridized carbons (Fsp3) is 0.158. The summed E-state index contributed by atoms with van der Waals surface area (Å²) in [6.07, 6.45) is -9.69. The summed E-state index contributed by atoms with van der Waals surface area (Å²) in [4.78, 5) is 11.5. The van der Waals surface area contributed by atoms with Crippen LogP contribution in [0, 0.1) is 0 Å². The lowest BCUT2D eigenvalue weighted by atomic mass is 10.1. The highest BCUT2D eigenvalue weighted by atomic mass is 19.4. The first-order chi connectivity index (χ1) is 14.0. The smallest absolute Gasteiger partial charge is 0.435 e. The second-order valence-corrected chi connectivity index (χ2v) is 6.39. The largest absolute Gasteiger partial charge is 0.482 e. The molecule has 0 fully saturated rings. The minimum atomic E-state index is -4.88. The van der Waals surface area contributed by atoms with Crippen molar-refractivity contribution in [2.24, 2.45) is 0 Å². The van der Waals surface area contributed by atoms with Gasteiger partial charge in [-0.05, 0) is 36.4 Å². The molecule has 0 spiro atoms. The van der Waals surface area contributed by atoms with Crippen LogP contribution < -0.4 is 10.1 Å². The van der Waals surface area contributed by atoms with Gasteiger partial charge in [0.2, 0.25) is 0 Å². The van der Waals surface area contributed by atoms with Gasteiger partial charge in [-0.25, -0.2) is 4.68 Å². The Labute approximate surface area is 164 Å². The van der Waals surface area contributed by atoms with Crippen LogP contribution in [0.15, 0.2) is 48.5 Å².